The maximum atomic E-state index is 13.2. The van der Waals surface area contributed by atoms with E-state index in [1.54, 1.807) is 6.08 Å². The van der Waals surface area contributed by atoms with Crippen LogP contribution in [0.2, 0.25) is 5.02 Å². The lowest BCUT2D eigenvalue weighted by Crippen LogP contribution is -2.30. The topological polar surface area (TPSA) is 95.9 Å². The van der Waals surface area contributed by atoms with Crippen LogP contribution in [0.3, 0.4) is 0 Å². The Bertz CT molecular complexity index is 1380. The van der Waals surface area contributed by atoms with Gasteiger partial charge in [0.25, 0.3) is 21.8 Å². The van der Waals surface area contributed by atoms with Crippen LogP contribution in [0.25, 0.3) is 0 Å². The zero-order valence-corrected chi connectivity index (χ0v) is 18.7. The fourth-order valence-corrected chi connectivity index (χ4v) is 4.76. The Morgan fingerprint density at radius 1 is 0.971 bits per heavy atom. The Balaban J connectivity index is 1.72. The standard InChI is InChI=1S/C22H15ClF3N3O4S/c23-16-9-10-17(28-34(32,33)15-7-5-13(6-8-15)22(24,25)26)19-18(16)20(30)29(21(19)31)14-4-2-1-3-11-27-12-14/h3-12,28H,1-2H2/b11-3+,14-4?,27-12?. The molecule has 1 N–H and O–H groups in total. The zero-order chi connectivity index (χ0) is 24.7. The van der Waals surface area contributed by atoms with Crippen LogP contribution in [0.4, 0.5) is 18.9 Å². The van der Waals surface area contributed by atoms with Crippen molar-refractivity contribution in [3.8, 4) is 0 Å². The van der Waals surface area contributed by atoms with Gasteiger partial charge in [0.15, 0.2) is 0 Å². The third-order valence-corrected chi connectivity index (χ3v) is 6.76. The third-order valence-electron chi connectivity index (χ3n) is 5.07. The second kappa shape index (κ2) is 8.73. The zero-order valence-electron chi connectivity index (χ0n) is 17.1. The number of nitrogens with one attached hydrogen (secondary N) is 1. The van der Waals surface area contributed by atoms with E-state index < -0.39 is 38.5 Å². The summed E-state index contributed by atoms with van der Waals surface area (Å²) in [5.74, 6) is -1.56. The summed E-state index contributed by atoms with van der Waals surface area (Å²) in [5.41, 5.74) is -1.49. The minimum absolute atomic E-state index is 0.0587. The Labute approximate surface area is 197 Å². The number of fused-ring (bicyclic) bond motifs is 1. The lowest BCUT2D eigenvalue weighted by Gasteiger charge is -2.15. The van der Waals surface area contributed by atoms with Crippen LogP contribution < -0.4 is 4.72 Å². The number of rotatable bonds is 4. The number of anilines is 1. The summed E-state index contributed by atoms with van der Waals surface area (Å²) in [6.45, 7) is 0. The quantitative estimate of drug-likeness (QED) is 0.585. The normalized spacial score (nSPS) is 17.2. The molecule has 0 saturated heterocycles. The second-order valence-corrected chi connectivity index (χ2v) is 9.38. The number of halogens is 4. The molecule has 0 aliphatic carbocycles. The lowest BCUT2D eigenvalue weighted by molar-refractivity contribution is -0.137. The molecule has 0 aromatic heterocycles. The van der Waals surface area contributed by atoms with E-state index in [1.807, 2.05) is 6.08 Å². The Kier molecular flexibility index (Phi) is 6.09. The number of hydrogen-bond donors (Lipinski definition) is 1. The number of allylic oxidation sites excluding steroid dienone is 3. The number of imide groups is 1. The number of alkyl halides is 3. The summed E-state index contributed by atoms with van der Waals surface area (Å²) in [6, 6.07) is 5.32. The van der Waals surface area contributed by atoms with E-state index in [1.165, 1.54) is 24.5 Å². The number of amides is 2. The Hall–Kier alpha value is -3.44. The summed E-state index contributed by atoms with van der Waals surface area (Å²) in [6.07, 6.45) is 2.87. The predicted molar refractivity (Wildman–Crippen MR) is 119 cm³/mol. The van der Waals surface area contributed by atoms with Crippen molar-refractivity contribution >= 4 is 45.3 Å². The molecule has 34 heavy (non-hydrogen) atoms. The van der Waals surface area contributed by atoms with E-state index in [4.69, 9.17) is 11.6 Å². The van der Waals surface area contributed by atoms with E-state index in [-0.39, 0.29) is 27.5 Å². The molecule has 0 bridgehead atoms. The van der Waals surface area contributed by atoms with Crippen LogP contribution >= 0.6 is 11.6 Å². The second-order valence-electron chi connectivity index (χ2n) is 7.29. The van der Waals surface area contributed by atoms with Gasteiger partial charge in [0.05, 0.1) is 44.2 Å². The Morgan fingerprint density at radius 3 is 2.32 bits per heavy atom. The van der Waals surface area contributed by atoms with Crippen LogP contribution in [0.1, 0.15) is 39.1 Å². The number of benzene rings is 2. The number of carbonyl (C=O) groups is 2. The molecule has 2 aromatic rings. The molecule has 176 valence electrons. The number of hydrogen-bond acceptors (Lipinski definition) is 5. The Morgan fingerprint density at radius 2 is 1.65 bits per heavy atom. The van der Waals surface area contributed by atoms with E-state index in [0.29, 0.717) is 25.0 Å². The molecule has 2 aromatic carbocycles. The number of nitrogens with zero attached hydrogens (tertiary/aromatic N) is 2. The first-order chi connectivity index (χ1) is 16.0. The van der Waals surface area contributed by atoms with Crippen LogP contribution in [0.5, 0.6) is 0 Å². The maximum absolute atomic E-state index is 13.2. The van der Waals surface area contributed by atoms with E-state index in [9.17, 15) is 31.2 Å². The minimum atomic E-state index is -4.63. The minimum Gasteiger partial charge on any atom is -0.279 e. The molecular formula is C22H15ClF3N3O4S. The van der Waals surface area contributed by atoms with Crippen molar-refractivity contribution in [2.24, 2.45) is 4.99 Å². The van der Waals surface area contributed by atoms with Gasteiger partial charge in [-0.05, 0) is 49.2 Å². The van der Waals surface area contributed by atoms with Gasteiger partial charge < -0.3 is 0 Å². The van der Waals surface area contributed by atoms with Gasteiger partial charge in [0, 0.05) is 6.20 Å². The number of carbonyl (C=O) groups excluding carboxylic acids is 2. The van der Waals surface area contributed by atoms with Gasteiger partial charge in [-0.2, -0.15) is 13.2 Å². The van der Waals surface area contributed by atoms with Crippen LogP contribution in [0, 0.1) is 0 Å². The fraction of sp³-hybridized carbons (Fsp3) is 0.136. The molecule has 0 saturated carbocycles. The largest absolute Gasteiger partial charge is 0.416 e. The molecular weight excluding hydrogens is 495 g/mol. The van der Waals surface area contributed by atoms with Gasteiger partial charge in [-0.3, -0.25) is 19.3 Å². The molecule has 0 unspecified atom stereocenters. The van der Waals surface area contributed by atoms with Crippen molar-refractivity contribution in [3.63, 3.8) is 0 Å². The van der Waals surface area contributed by atoms with Crippen LogP contribution in [-0.2, 0) is 16.2 Å². The molecule has 4 rings (SSSR count). The molecule has 0 atom stereocenters. The van der Waals surface area contributed by atoms with Crippen molar-refractivity contribution in [2.45, 2.75) is 23.9 Å². The number of aliphatic imine (C=N–C) groups is 1. The van der Waals surface area contributed by atoms with Crippen molar-refractivity contribution < 1.29 is 31.2 Å². The van der Waals surface area contributed by atoms with Gasteiger partial charge in [0.2, 0.25) is 0 Å². The molecule has 2 amide bonds. The number of sulfonamides is 1. The summed E-state index contributed by atoms with van der Waals surface area (Å²) in [5, 5.41) is -0.0587. The van der Waals surface area contributed by atoms with E-state index >= 15 is 0 Å². The smallest absolute Gasteiger partial charge is 0.279 e. The predicted octanol–water partition coefficient (Wildman–Crippen LogP) is 5.02. The molecule has 7 nitrogen and oxygen atoms in total. The molecule has 2 aliphatic heterocycles. The highest BCUT2D eigenvalue weighted by Crippen LogP contribution is 2.37. The molecule has 0 spiro atoms. The van der Waals surface area contributed by atoms with E-state index in [2.05, 4.69) is 9.71 Å². The summed E-state index contributed by atoms with van der Waals surface area (Å²) < 4.78 is 66.2. The van der Waals surface area contributed by atoms with Crippen molar-refractivity contribution in [1.29, 1.82) is 0 Å². The SMILES string of the molecule is O=C1c2c(Cl)ccc(NS(=O)(=O)c3ccc(C(F)(F)F)cc3)c2C(=O)N1C1=CCC/C=C/N=C1. The van der Waals surface area contributed by atoms with Crippen LogP contribution in [-0.4, -0.2) is 31.3 Å². The first-order valence-electron chi connectivity index (χ1n) is 9.80. The lowest BCUT2D eigenvalue weighted by atomic mass is 10.1. The molecule has 0 radical (unpaired) electrons. The fourth-order valence-electron chi connectivity index (χ4n) is 3.45. The highest BCUT2D eigenvalue weighted by molar-refractivity contribution is 7.92. The third kappa shape index (κ3) is 4.36. The van der Waals surface area contributed by atoms with Gasteiger partial charge in [0.1, 0.15) is 0 Å². The highest BCUT2D eigenvalue weighted by Gasteiger charge is 2.41. The van der Waals surface area contributed by atoms with Crippen molar-refractivity contribution in [2.75, 3.05) is 4.72 Å². The summed E-state index contributed by atoms with van der Waals surface area (Å²) >= 11 is 6.16. The monoisotopic (exact) mass is 509 g/mol. The maximum Gasteiger partial charge on any atom is 0.416 e. The van der Waals surface area contributed by atoms with Gasteiger partial charge in [-0.15, -0.1) is 0 Å². The van der Waals surface area contributed by atoms with Gasteiger partial charge >= 0.3 is 6.18 Å². The summed E-state index contributed by atoms with van der Waals surface area (Å²) in [4.78, 5) is 30.7. The average Bonchev–Trinajstić information content (AvgIpc) is 3.01. The summed E-state index contributed by atoms with van der Waals surface area (Å²) in [7, 11) is -4.40. The highest BCUT2D eigenvalue weighted by atomic mass is 35.5. The molecule has 2 heterocycles. The molecule has 12 heteroatoms. The molecule has 2 aliphatic rings. The first kappa shape index (κ1) is 23.7. The first-order valence-corrected chi connectivity index (χ1v) is 11.7. The average molecular weight is 510 g/mol. The van der Waals surface area contributed by atoms with Crippen LogP contribution in [0.15, 0.2) is 70.3 Å². The van der Waals surface area contributed by atoms with Crippen molar-refractivity contribution in [1.82, 2.24) is 4.90 Å². The van der Waals surface area contributed by atoms with Gasteiger partial charge in [-0.25, -0.2) is 13.3 Å². The van der Waals surface area contributed by atoms with Crippen molar-refractivity contribution in [3.05, 3.63) is 82.2 Å². The van der Waals surface area contributed by atoms with E-state index in [0.717, 1.165) is 17.0 Å². The molecule has 0 fully saturated rings. The van der Waals surface area contributed by atoms with Gasteiger partial charge in [-0.1, -0.05) is 23.8 Å².